The Morgan fingerprint density at radius 2 is 2.11 bits per heavy atom. The highest BCUT2D eigenvalue weighted by atomic mass is 16.5. The number of carbonyl (C=O) groups excluding carboxylic acids is 1. The molecule has 2 heterocycles. The average Bonchev–Trinajstić information content (AvgIpc) is 3.10. The van der Waals surface area contributed by atoms with Gasteiger partial charge in [0.05, 0.1) is 12.3 Å². The third kappa shape index (κ3) is 2.82. The number of nitrogens with one attached hydrogen (secondary N) is 2. The first kappa shape index (κ1) is 17.1. The van der Waals surface area contributed by atoms with E-state index in [1.165, 1.54) is 32.1 Å². The Balaban J connectivity index is 1.49. The summed E-state index contributed by atoms with van der Waals surface area (Å²) < 4.78 is 5.44. The van der Waals surface area contributed by atoms with E-state index in [9.17, 15) is 4.79 Å². The number of hydrogen-bond acceptors (Lipinski definition) is 4. The number of ether oxygens (including phenoxy) is 1. The van der Waals surface area contributed by atoms with Crippen molar-refractivity contribution in [3.63, 3.8) is 0 Å². The summed E-state index contributed by atoms with van der Waals surface area (Å²) in [4.78, 5) is 20.3. The van der Waals surface area contributed by atoms with Gasteiger partial charge in [-0.15, -0.1) is 0 Å². The van der Waals surface area contributed by atoms with Crippen molar-refractivity contribution in [2.45, 2.75) is 58.4 Å². The molecular weight excluding hydrogens is 338 g/mol. The predicted molar refractivity (Wildman–Crippen MR) is 106 cm³/mol. The van der Waals surface area contributed by atoms with Crippen LogP contribution in [-0.2, 0) is 4.74 Å². The van der Waals surface area contributed by atoms with E-state index in [2.05, 4.69) is 22.2 Å². The Morgan fingerprint density at radius 3 is 2.81 bits per heavy atom. The number of H-pyrrole nitrogens is 1. The van der Waals surface area contributed by atoms with Crippen LogP contribution in [0.2, 0.25) is 0 Å². The molecule has 2 atom stereocenters. The first-order chi connectivity index (χ1) is 13.1. The van der Waals surface area contributed by atoms with Crippen LogP contribution in [0.15, 0.2) is 18.5 Å². The van der Waals surface area contributed by atoms with Crippen LogP contribution in [0.4, 0.5) is 5.69 Å². The van der Waals surface area contributed by atoms with Gasteiger partial charge in [0.25, 0.3) is 0 Å². The number of fused-ring (bicyclic) bond motifs is 1. The van der Waals surface area contributed by atoms with Crippen LogP contribution in [0, 0.1) is 23.2 Å². The standard InChI is InChI=1S/C22H29N3O2/c1-3-6-27-21(26)17-12-24-20-16(4-5-23-20)19(17)25-18-14-7-13-8-15(18)11-22(2,9-13)10-14/h4-5,12-15,18H,3,6-11H2,1-2H3,(H2,23,24,25). The summed E-state index contributed by atoms with van der Waals surface area (Å²) in [6.45, 7) is 4.94. The summed E-state index contributed by atoms with van der Waals surface area (Å²) in [5.41, 5.74) is 2.83. The second-order valence-corrected chi connectivity index (χ2v) is 9.37. The summed E-state index contributed by atoms with van der Waals surface area (Å²) in [6.07, 6.45) is 11.1. The molecule has 5 nitrogen and oxygen atoms in total. The normalized spacial score (nSPS) is 34.1. The van der Waals surface area contributed by atoms with E-state index < -0.39 is 0 Å². The molecule has 144 valence electrons. The predicted octanol–water partition coefficient (Wildman–Crippen LogP) is 4.76. The molecule has 2 aromatic heterocycles. The molecule has 4 bridgehead atoms. The zero-order chi connectivity index (χ0) is 18.6. The third-order valence-corrected chi connectivity index (χ3v) is 7.13. The van der Waals surface area contributed by atoms with Crippen molar-refractivity contribution in [2.75, 3.05) is 11.9 Å². The lowest BCUT2D eigenvalue weighted by molar-refractivity contribution is -0.0504. The second kappa shape index (κ2) is 6.25. The molecule has 27 heavy (non-hydrogen) atoms. The van der Waals surface area contributed by atoms with Gasteiger partial charge in [-0.3, -0.25) is 0 Å². The molecule has 2 N–H and O–H groups in total. The summed E-state index contributed by atoms with van der Waals surface area (Å²) in [7, 11) is 0. The summed E-state index contributed by atoms with van der Waals surface area (Å²) in [5, 5.41) is 4.82. The van der Waals surface area contributed by atoms with Gasteiger partial charge in [-0.25, -0.2) is 9.78 Å². The molecule has 0 radical (unpaired) electrons. The molecular formula is C22H29N3O2. The maximum absolute atomic E-state index is 12.7. The highest BCUT2D eigenvalue weighted by Gasteiger charge is 2.53. The molecule has 0 aliphatic heterocycles. The molecule has 4 aliphatic carbocycles. The van der Waals surface area contributed by atoms with Gasteiger partial charge in [-0.05, 0) is 67.8 Å². The Labute approximate surface area is 160 Å². The van der Waals surface area contributed by atoms with Crippen molar-refractivity contribution in [1.29, 1.82) is 0 Å². The number of rotatable bonds is 5. The monoisotopic (exact) mass is 367 g/mol. The Hall–Kier alpha value is -2.04. The van der Waals surface area contributed by atoms with E-state index in [-0.39, 0.29) is 5.97 Å². The lowest BCUT2D eigenvalue weighted by atomic mass is 9.48. The number of hydrogen-bond donors (Lipinski definition) is 2. The minimum atomic E-state index is -0.272. The molecule has 2 unspecified atom stereocenters. The zero-order valence-corrected chi connectivity index (χ0v) is 16.3. The molecule has 2 aromatic rings. The van der Waals surface area contributed by atoms with Crippen LogP contribution >= 0.6 is 0 Å². The number of carbonyl (C=O) groups is 1. The van der Waals surface area contributed by atoms with E-state index in [0.717, 1.165) is 29.1 Å². The first-order valence-electron chi connectivity index (χ1n) is 10.5. The van der Waals surface area contributed by atoms with Crippen molar-refractivity contribution < 1.29 is 9.53 Å². The number of anilines is 1. The number of nitrogens with zero attached hydrogens (tertiary/aromatic N) is 1. The highest BCUT2D eigenvalue weighted by molar-refractivity contribution is 6.04. The third-order valence-electron chi connectivity index (χ3n) is 7.13. The fourth-order valence-corrected chi connectivity index (χ4v) is 6.42. The molecule has 0 aromatic carbocycles. The molecule has 0 spiro atoms. The van der Waals surface area contributed by atoms with Gasteiger partial charge in [-0.2, -0.15) is 0 Å². The number of pyridine rings is 1. The number of aromatic amines is 1. The summed E-state index contributed by atoms with van der Waals surface area (Å²) in [5.74, 6) is 2.06. The van der Waals surface area contributed by atoms with Gasteiger partial charge in [0.1, 0.15) is 11.2 Å². The van der Waals surface area contributed by atoms with E-state index >= 15 is 0 Å². The largest absolute Gasteiger partial charge is 0.462 e. The Bertz CT molecular complexity index is 858. The lowest BCUT2D eigenvalue weighted by Gasteiger charge is -2.59. The van der Waals surface area contributed by atoms with Crippen molar-refractivity contribution in [1.82, 2.24) is 9.97 Å². The first-order valence-corrected chi connectivity index (χ1v) is 10.5. The summed E-state index contributed by atoms with van der Waals surface area (Å²) >= 11 is 0. The van der Waals surface area contributed by atoms with Gasteiger partial charge < -0.3 is 15.0 Å². The average molecular weight is 367 g/mol. The van der Waals surface area contributed by atoms with E-state index in [1.54, 1.807) is 6.20 Å². The minimum absolute atomic E-state index is 0.272. The van der Waals surface area contributed by atoms with Gasteiger partial charge in [0.15, 0.2) is 0 Å². The smallest absolute Gasteiger partial charge is 0.341 e. The number of aromatic nitrogens is 2. The van der Waals surface area contributed by atoms with Gasteiger partial charge in [-0.1, -0.05) is 13.8 Å². The van der Waals surface area contributed by atoms with Gasteiger partial charge in [0.2, 0.25) is 0 Å². The van der Waals surface area contributed by atoms with Crippen molar-refractivity contribution in [3.8, 4) is 0 Å². The van der Waals surface area contributed by atoms with E-state index in [0.29, 0.717) is 35.5 Å². The van der Waals surface area contributed by atoms with Crippen LogP contribution in [0.25, 0.3) is 11.0 Å². The second-order valence-electron chi connectivity index (χ2n) is 9.37. The van der Waals surface area contributed by atoms with Gasteiger partial charge in [0, 0.05) is 23.8 Å². The minimum Gasteiger partial charge on any atom is -0.462 e. The van der Waals surface area contributed by atoms with Gasteiger partial charge >= 0.3 is 5.97 Å². The van der Waals surface area contributed by atoms with Crippen LogP contribution in [-0.4, -0.2) is 28.6 Å². The maximum Gasteiger partial charge on any atom is 0.341 e. The Morgan fingerprint density at radius 1 is 1.33 bits per heavy atom. The highest BCUT2D eigenvalue weighted by Crippen LogP contribution is 2.60. The molecule has 6 rings (SSSR count). The maximum atomic E-state index is 12.7. The quantitative estimate of drug-likeness (QED) is 0.748. The van der Waals surface area contributed by atoms with Crippen molar-refractivity contribution in [3.05, 3.63) is 24.0 Å². The van der Waals surface area contributed by atoms with Crippen LogP contribution in [0.1, 0.15) is 62.7 Å². The van der Waals surface area contributed by atoms with Crippen LogP contribution in [0.5, 0.6) is 0 Å². The van der Waals surface area contributed by atoms with Crippen molar-refractivity contribution in [2.24, 2.45) is 23.2 Å². The molecule has 4 aliphatic rings. The fourth-order valence-electron chi connectivity index (χ4n) is 6.42. The van der Waals surface area contributed by atoms with Crippen LogP contribution < -0.4 is 5.32 Å². The lowest BCUT2D eigenvalue weighted by Crippen LogP contribution is -2.55. The summed E-state index contributed by atoms with van der Waals surface area (Å²) in [6, 6.07) is 2.46. The number of esters is 1. The van der Waals surface area contributed by atoms with Crippen LogP contribution in [0.3, 0.4) is 0 Å². The topological polar surface area (TPSA) is 67.0 Å². The fraction of sp³-hybridized carbons (Fsp3) is 0.636. The SMILES string of the molecule is CCCOC(=O)c1cnc2[nH]ccc2c1NC1C2CC3CC1CC(C)(C3)C2. The Kier molecular flexibility index (Phi) is 3.95. The molecule has 5 heteroatoms. The molecule has 0 amide bonds. The zero-order valence-electron chi connectivity index (χ0n) is 16.3. The molecule has 4 fully saturated rings. The van der Waals surface area contributed by atoms with Crippen molar-refractivity contribution >= 4 is 22.7 Å². The molecule has 4 saturated carbocycles. The van der Waals surface area contributed by atoms with E-state index in [1.807, 2.05) is 19.2 Å². The molecule has 0 saturated heterocycles. The van der Waals surface area contributed by atoms with E-state index in [4.69, 9.17) is 4.74 Å².